The molecule has 1 aliphatic heterocycles. The minimum absolute atomic E-state index is 0.0108. The maximum Gasteiger partial charge on any atom is 0.243 e. The van der Waals surface area contributed by atoms with E-state index < -0.39 is 0 Å². The number of carbonyl (C=O) groups is 1. The van der Waals surface area contributed by atoms with Gasteiger partial charge in [0.2, 0.25) is 5.91 Å². The van der Waals surface area contributed by atoms with Crippen LogP contribution < -0.4 is 4.90 Å². The zero-order chi connectivity index (χ0) is 15.4. The standard InChI is InChI=1S/C16H12ClN3OS/c17-13-8-6-12(7-9-13)10-18-19-16-20(15(21)11-22-16)14-4-2-1-3-5-14/h1-10H,11H2/b18-10+,19-16+. The number of carbonyl (C=O) groups excluding carboxylic acids is 1. The molecule has 4 nitrogen and oxygen atoms in total. The third kappa shape index (κ3) is 3.37. The first-order valence-corrected chi connectivity index (χ1v) is 7.98. The van der Waals surface area contributed by atoms with Gasteiger partial charge in [0.15, 0.2) is 5.17 Å². The number of para-hydroxylation sites is 1. The minimum Gasteiger partial charge on any atom is -0.273 e. The molecule has 22 heavy (non-hydrogen) atoms. The van der Waals surface area contributed by atoms with E-state index in [1.165, 1.54) is 11.8 Å². The van der Waals surface area contributed by atoms with E-state index in [0.29, 0.717) is 15.9 Å². The van der Waals surface area contributed by atoms with Crippen molar-refractivity contribution in [1.82, 2.24) is 0 Å². The Balaban J connectivity index is 1.80. The zero-order valence-electron chi connectivity index (χ0n) is 11.5. The Morgan fingerprint density at radius 2 is 1.82 bits per heavy atom. The SMILES string of the molecule is O=C1CS/C(=N/N=C/c2ccc(Cl)cc2)N1c1ccccc1. The Hall–Kier alpha value is -2.11. The van der Waals surface area contributed by atoms with Crippen molar-refractivity contribution in [2.75, 3.05) is 10.7 Å². The number of nitrogens with zero attached hydrogens (tertiary/aromatic N) is 3. The van der Waals surface area contributed by atoms with Gasteiger partial charge in [-0.3, -0.25) is 9.69 Å². The van der Waals surface area contributed by atoms with Crippen LogP contribution in [0.5, 0.6) is 0 Å². The van der Waals surface area contributed by atoms with E-state index in [9.17, 15) is 4.79 Å². The van der Waals surface area contributed by atoms with Crippen LogP contribution in [0.1, 0.15) is 5.56 Å². The summed E-state index contributed by atoms with van der Waals surface area (Å²) in [5.74, 6) is 0.390. The highest BCUT2D eigenvalue weighted by atomic mass is 35.5. The van der Waals surface area contributed by atoms with Crippen LogP contribution in [0, 0.1) is 0 Å². The van der Waals surface area contributed by atoms with Crippen LogP contribution in [0.4, 0.5) is 5.69 Å². The first-order chi connectivity index (χ1) is 10.7. The second-order valence-corrected chi connectivity index (χ2v) is 5.91. The number of hydrogen-bond acceptors (Lipinski definition) is 4. The average Bonchev–Trinajstić information content (AvgIpc) is 2.91. The van der Waals surface area contributed by atoms with Gasteiger partial charge in [0, 0.05) is 5.02 Å². The summed E-state index contributed by atoms with van der Waals surface area (Å²) in [6.07, 6.45) is 1.63. The molecule has 3 rings (SSSR count). The number of amidine groups is 1. The lowest BCUT2D eigenvalue weighted by Gasteiger charge is -2.14. The molecule has 6 heteroatoms. The molecule has 1 heterocycles. The van der Waals surface area contributed by atoms with Gasteiger partial charge in [-0.05, 0) is 29.8 Å². The van der Waals surface area contributed by atoms with E-state index in [2.05, 4.69) is 10.2 Å². The Morgan fingerprint density at radius 1 is 1.09 bits per heavy atom. The molecule has 0 atom stereocenters. The molecule has 1 amide bonds. The largest absolute Gasteiger partial charge is 0.273 e. The van der Waals surface area contributed by atoms with E-state index in [1.807, 2.05) is 42.5 Å². The van der Waals surface area contributed by atoms with Crippen LogP contribution in [0.3, 0.4) is 0 Å². The van der Waals surface area contributed by atoms with E-state index in [0.717, 1.165) is 11.3 Å². The summed E-state index contributed by atoms with van der Waals surface area (Å²) in [7, 11) is 0. The van der Waals surface area contributed by atoms with Crippen LogP contribution in [0.15, 0.2) is 64.8 Å². The van der Waals surface area contributed by atoms with E-state index >= 15 is 0 Å². The van der Waals surface area contributed by atoms with Gasteiger partial charge < -0.3 is 0 Å². The summed E-state index contributed by atoms with van der Waals surface area (Å²) in [5.41, 5.74) is 1.70. The molecule has 0 saturated carbocycles. The molecule has 0 aromatic heterocycles. The van der Waals surface area contributed by atoms with Crippen molar-refractivity contribution in [1.29, 1.82) is 0 Å². The molecule has 0 radical (unpaired) electrons. The van der Waals surface area contributed by atoms with E-state index in [4.69, 9.17) is 11.6 Å². The quantitative estimate of drug-likeness (QED) is 0.635. The summed E-state index contributed by atoms with van der Waals surface area (Å²) in [6, 6.07) is 16.7. The third-order valence-corrected chi connectivity index (χ3v) is 4.17. The van der Waals surface area contributed by atoms with Crippen molar-refractivity contribution in [2.45, 2.75) is 0 Å². The second kappa shape index (κ2) is 6.77. The van der Waals surface area contributed by atoms with Crippen molar-refractivity contribution in [3.63, 3.8) is 0 Å². The number of benzene rings is 2. The molecule has 0 bridgehead atoms. The van der Waals surface area contributed by atoms with Crippen LogP contribution in [-0.4, -0.2) is 23.0 Å². The molecule has 0 aliphatic carbocycles. The number of hydrogen-bond donors (Lipinski definition) is 0. The fourth-order valence-corrected chi connectivity index (χ4v) is 2.91. The number of thioether (sulfide) groups is 1. The topological polar surface area (TPSA) is 45.0 Å². The smallest absolute Gasteiger partial charge is 0.243 e. The van der Waals surface area contributed by atoms with Gasteiger partial charge in [-0.2, -0.15) is 5.10 Å². The van der Waals surface area contributed by atoms with Gasteiger partial charge in [-0.25, -0.2) is 0 Å². The molecule has 2 aromatic rings. The summed E-state index contributed by atoms with van der Waals surface area (Å²) >= 11 is 7.22. The molecule has 1 saturated heterocycles. The van der Waals surface area contributed by atoms with Crippen LogP contribution in [-0.2, 0) is 4.79 Å². The van der Waals surface area contributed by atoms with Crippen molar-refractivity contribution in [2.24, 2.45) is 10.2 Å². The zero-order valence-corrected chi connectivity index (χ0v) is 13.1. The molecular formula is C16H12ClN3OS. The Morgan fingerprint density at radius 3 is 2.55 bits per heavy atom. The van der Waals surface area contributed by atoms with Crippen molar-refractivity contribution >= 4 is 46.3 Å². The highest BCUT2D eigenvalue weighted by Crippen LogP contribution is 2.26. The van der Waals surface area contributed by atoms with Crippen molar-refractivity contribution in [3.8, 4) is 0 Å². The predicted octanol–water partition coefficient (Wildman–Crippen LogP) is 3.81. The van der Waals surface area contributed by atoms with Gasteiger partial charge >= 0.3 is 0 Å². The van der Waals surface area contributed by atoms with Gasteiger partial charge in [-0.1, -0.05) is 53.7 Å². The molecule has 0 N–H and O–H groups in total. The summed E-state index contributed by atoms with van der Waals surface area (Å²) in [4.78, 5) is 13.6. The molecular weight excluding hydrogens is 318 g/mol. The lowest BCUT2D eigenvalue weighted by Crippen LogP contribution is -2.28. The molecule has 1 fully saturated rings. The number of anilines is 1. The molecule has 0 unspecified atom stereocenters. The number of halogens is 1. The first-order valence-electron chi connectivity index (χ1n) is 6.61. The Kier molecular flexibility index (Phi) is 4.56. The molecule has 110 valence electrons. The molecule has 0 spiro atoms. The van der Waals surface area contributed by atoms with E-state index in [-0.39, 0.29) is 5.91 Å². The normalized spacial score (nSPS) is 16.9. The predicted molar refractivity (Wildman–Crippen MR) is 92.9 cm³/mol. The molecule has 1 aliphatic rings. The highest BCUT2D eigenvalue weighted by Gasteiger charge is 2.29. The molecule has 2 aromatic carbocycles. The Labute approximate surface area is 137 Å². The van der Waals surface area contributed by atoms with Crippen molar-refractivity contribution in [3.05, 3.63) is 65.2 Å². The average molecular weight is 330 g/mol. The third-order valence-electron chi connectivity index (χ3n) is 3.00. The summed E-state index contributed by atoms with van der Waals surface area (Å²) < 4.78 is 0. The van der Waals surface area contributed by atoms with Crippen LogP contribution in [0.2, 0.25) is 5.02 Å². The number of amides is 1. The van der Waals surface area contributed by atoms with Gasteiger partial charge in [0.05, 0.1) is 17.7 Å². The summed E-state index contributed by atoms with van der Waals surface area (Å²) in [5, 5.41) is 9.50. The van der Waals surface area contributed by atoms with Gasteiger partial charge in [0.25, 0.3) is 0 Å². The second-order valence-electron chi connectivity index (χ2n) is 4.53. The van der Waals surface area contributed by atoms with E-state index in [1.54, 1.807) is 23.2 Å². The Bertz CT molecular complexity index is 729. The maximum absolute atomic E-state index is 12.0. The first kappa shape index (κ1) is 14.8. The lowest BCUT2D eigenvalue weighted by molar-refractivity contribution is -0.115. The van der Waals surface area contributed by atoms with Gasteiger partial charge in [0.1, 0.15) is 0 Å². The number of rotatable bonds is 3. The van der Waals surface area contributed by atoms with Crippen LogP contribution >= 0.6 is 23.4 Å². The lowest BCUT2D eigenvalue weighted by atomic mass is 10.2. The van der Waals surface area contributed by atoms with Crippen molar-refractivity contribution < 1.29 is 4.79 Å². The van der Waals surface area contributed by atoms with Gasteiger partial charge in [-0.15, -0.1) is 5.10 Å². The highest BCUT2D eigenvalue weighted by molar-refractivity contribution is 8.15. The monoisotopic (exact) mass is 329 g/mol. The maximum atomic E-state index is 12.0. The van der Waals surface area contributed by atoms with Crippen LogP contribution in [0.25, 0.3) is 0 Å². The summed E-state index contributed by atoms with van der Waals surface area (Å²) in [6.45, 7) is 0. The fourth-order valence-electron chi connectivity index (χ4n) is 1.96. The minimum atomic E-state index is 0.0108. The fraction of sp³-hybridized carbons (Fsp3) is 0.0625.